The van der Waals surface area contributed by atoms with E-state index in [4.69, 9.17) is 9.26 Å². The summed E-state index contributed by atoms with van der Waals surface area (Å²) in [5.74, 6) is 1.24. The van der Waals surface area contributed by atoms with Crippen LogP contribution in [0.5, 0.6) is 0 Å². The average Bonchev–Trinajstić information content (AvgIpc) is 3.29. The molecule has 0 unspecified atom stereocenters. The predicted molar refractivity (Wildman–Crippen MR) is 139 cm³/mol. The van der Waals surface area contributed by atoms with E-state index in [0.717, 1.165) is 5.56 Å². The molecular formula is C24H33N5O5S2. The second-order valence-electron chi connectivity index (χ2n) is 9.73. The number of alkyl carbamates (subject to hydrolysis) is 1. The molecule has 36 heavy (non-hydrogen) atoms. The Kier molecular flexibility index (Phi) is 9.66. The Hall–Kier alpha value is -2.73. The van der Waals surface area contributed by atoms with Gasteiger partial charge in [-0.25, -0.2) is 4.79 Å². The van der Waals surface area contributed by atoms with Gasteiger partial charge in [0.1, 0.15) is 23.7 Å². The lowest BCUT2D eigenvalue weighted by Gasteiger charge is -2.29. The molecule has 1 aliphatic rings. The Bertz CT molecular complexity index is 1040. The first-order valence-corrected chi connectivity index (χ1v) is 14.2. The number of rotatable bonds is 10. The van der Waals surface area contributed by atoms with Crippen molar-refractivity contribution in [1.29, 1.82) is 0 Å². The number of benzene rings is 1. The Labute approximate surface area is 218 Å². The quantitative estimate of drug-likeness (QED) is 0.309. The van der Waals surface area contributed by atoms with Crippen molar-refractivity contribution in [2.75, 3.05) is 11.5 Å². The van der Waals surface area contributed by atoms with Gasteiger partial charge in [0, 0.05) is 23.8 Å². The first-order valence-electron chi connectivity index (χ1n) is 11.7. The van der Waals surface area contributed by atoms with E-state index in [1.807, 2.05) is 44.2 Å². The number of ether oxygens (including phenoxy) is 1. The average molecular weight is 536 g/mol. The number of amides is 3. The van der Waals surface area contributed by atoms with Crippen LogP contribution in [0.4, 0.5) is 4.79 Å². The summed E-state index contributed by atoms with van der Waals surface area (Å²) in [7, 11) is 2.83. The Morgan fingerprint density at radius 3 is 2.42 bits per heavy atom. The van der Waals surface area contributed by atoms with Gasteiger partial charge in [-0.05, 0) is 26.3 Å². The number of nitrogens with one attached hydrogen (secondary N) is 3. The van der Waals surface area contributed by atoms with Crippen molar-refractivity contribution in [3.05, 3.63) is 47.6 Å². The summed E-state index contributed by atoms with van der Waals surface area (Å²) < 4.78 is 10.8. The molecule has 1 aliphatic heterocycles. The van der Waals surface area contributed by atoms with Crippen LogP contribution in [-0.4, -0.2) is 57.2 Å². The van der Waals surface area contributed by atoms with Crippen molar-refractivity contribution < 1.29 is 23.6 Å². The first-order chi connectivity index (χ1) is 17.0. The van der Waals surface area contributed by atoms with Crippen molar-refractivity contribution in [3.8, 4) is 0 Å². The zero-order valence-electron chi connectivity index (χ0n) is 21.1. The van der Waals surface area contributed by atoms with E-state index < -0.39 is 29.8 Å². The number of nitrogens with zero attached hydrogens (tertiary/aromatic N) is 2. The van der Waals surface area contributed by atoms with Crippen molar-refractivity contribution in [3.63, 3.8) is 0 Å². The lowest BCUT2D eigenvalue weighted by atomic mass is 10.0. The van der Waals surface area contributed by atoms with E-state index in [1.165, 1.54) is 21.6 Å². The Balaban J connectivity index is 1.52. The summed E-state index contributed by atoms with van der Waals surface area (Å²) in [5, 5.41) is 12.4. The minimum absolute atomic E-state index is 0.0749. The third-order valence-corrected chi connectivity index (χ3v) is 7.49. The summed E-state index contributed by atoms with van der Waals surface area (Å²) in [5.41, 5.74) is 0.325. The molecule has 3 N–H and O–H groups in total. The molecule has 2 heterocycles. The first kappa shape index (κ1) is 27.9. The molecule has 1 fully saturated rings. The van der Waals surface area contributed by atoms with Crippen LogP contribution in [-0.2, 0) is 20.7 Å². The van der Waals surface area contributed by atoms with Crippen LogP contribution in [0, 0.1) is 0 Å². The largest absolute Gasteiger partial charge is 0.444 e. The molecule has 1 aromatic carbocycles. The fourth-order valence-corrected chi connectivity index (χ4v) is 5.59. The van der Waals surface area contributed by atoms with E-state index in [9.17, 15) is 14.4 Å². The minimum atomic E-state index is -0.653. The molecule has 0 radical (unpaired) electrons. The zero-order chi connectivity index (χ0) is 26.3. The topological polar surface area (TPSA) is 135 Å². The molecule has 10 nitrogen and oxygen atoms in total. The molecule has 3 atom stereocenters. The summed E-state index contributed by atoms with van der Waals surface area (Å²) in [6.07, 6.45) is -0.154. The van der Waals surface area contributed by atoms with Crippen LogP contribution < -0.4 is 16.0 Å². The van der Waals surface area contributed by atoms with E-state index in [0.29, 0.717) is 23.8 Å². The molecule has 1 aromatic heterocycles. The maximum absolute atomic E-state index is 12.6. The molecule has 0 spiro atoms. The van der Waals surface area contributed by atoms with Gasteiger partial charge in [0.2, 0.25) is 17.7 Å². The zero-order valence-corrected chi connectivity index (χ0v) is 22.7. The van der Waals surface area contributed by atoms with E-state index in [2.05, 4.69) is 26.1 Å². The molecule has 0 saturated carbocycles. The second-order valence-corrected chi connectivity index (χ2v) is 12.3. The van der Waals surface area contributed by atoms with Crippen molar-refractivity contribution in [1.82, 2.24) is 26.1 Å². The van der Waals surface area contributed by atoms with Gasteiger partial charge in [0.05, 0.1) is 0 Å². The molecule has 0 bridgehead atoms. The SMILES string of the molecule is CC(C)c1noc([C@H](CSSC[C@@H]2NC(=O)[C@@H](Cc3ccccc3)NC2=O)NC(=O)OC(C)(C)C)n1. The fraction of sp³-hybridized carbons (Fsp3) is 0.542. The van der Waals surface area contributed by atoms with E-state index in [1.54, 1.807) is 20.8 Å². The molecule has 196 valence electrons. The van der Waals surface area contributed by atoms with Crippen molar-refractivity contribution in [2.24, 2.45) is 0 Å². The molecule has 3 amide bonds. The maximum atomic E-state index is 12.6. The van der Waals surface area contributed by atoms with Gasteiger partial charge >= 0.3 is 6.09 Å². The van der Waals surface area contributed by atoms with Gasteiger partial charge < -0.3 is 25.2 Å². The minimum Gasteiger partial charge on any atom is -0.444 e. The van der Waals surface area contributed by atoms with Crippen LogP contribution >= 0.6 is 21.6 Å². The van der Waals surface area contributed by atoms with Crippen LogP contribution in [0.1, 0.15) is 63.9 Å². The van der Waals surface area contributed by atoms with Crippen molar-refractivity contribution >= 4 is 39.5 Å². The number of piperazine rings is 1. The number of aromatic nitrogens is 2. The molecule has 3 rings (SSSR count). The molecule has 0 aliphatic carbocycles. The second kappa shape index (κ2) is 12.5. The number of hydrogen-bond acceptors (Lipinski definition) is 9. The number of carbonyl (C=O) groups excluding carboxylic acids is 3. The summed E-state index contributed by atoms with van der Waals surface area (Å²) in [6, 6.07) is 7.74. The predicted octanol–water partition coefficient (Wildman–Crippen LogP) is 3.37. The monoisotopic (exact) mass is 535 g/mol. The summed E-state index contributed by atoms with van der Waals surface area (Å²) >= 11 is 0. The third kappa shape index (κ3) is 8.44. The normalized spacial score (nSPS) is 18.9. The molecule has 12 heteroatoms. The highest BCUT2D eigenvalue weighted by molar-refractivity contribution is 8.76. The maximum Gasteiger partial charge on any atom is 0.408 e. The van der Waals surface area contributed by atoms with Gasteiger partial charge in [-0.1, -0.05) is 70.9 Å². The highest BCUT2D eigenvalue weighted by Crippen LogP contribution is 2.29. The van der Waals surface area contributed by atoms with Crippen LogP contribution in [0.3, 0.4) is 0 Å². The third-order valence-electron chi connectivity index (χ3n) is 5.06. The molecule has 2 aromatic rings. The number of hydrogen-bond donors (Lipinski definition) is 3. The van der Waals surface area contributed by atoms with E-state index >= 15 is 0 Å². The molecular weight excluding hydrogens is 502 g/mol. The summed E-state index contributed by atoms with van der Waals surface area (Å²) in [6.45, 7) is 9.24. The Morgan fingerprint density at radius 2 is 1.78 bits per heavy atom. The van der Waals surface area contributed by atoms with Crippen LogP contribution in [0.25, 0.3) is 0 Å². The summed E-state index contributed by atoms with van der Waals surface area (Å²) in [4.78, 5) is 41.9. The van der Waals surface area contributed by atoms with Gasteiger partial charge in [0.15, 0.2) is 5.82 Å². The van der Waals surface area contributed by atoms with Gasteiger partial charge in [-0.3, -0.25) is 9.59 Å². The van der Waals surface area contributed by atoms with Crippen LogP contribution in [0.2, 0.25) is 0 Å². The number of carbonyl (C=O) groups is 3. The fourth-order valence-electron chi connectivity index (χ4n) is 3.27. The lowest BCUT2D eigenvalue weighted by Crippen LogP contribution is -2.63. The van der Waals surface area contributed by atoms with Gasteiger partial charge in [-0.15, -0.1) is 0 Å². The van der Waals surface area contributed by atoms with Crippen LogP contribution in [0.15, 0.2) is 34.9 Å². The highest BCUT2D eigenvalue weighted by Gasteiger charge is 2.34. The lowest BCUT2D eigenvalue weighted by molar-refractivity contribution is -0.136. The smallest absolute Gasteiger partial charge is 0.408 e. The van der Waals surface area contributed by atoms with Crippen molar-refractivity contribution in [2.45, 2.75) is 70.7 Å². The Morgan fingerprint density at radius 1 is 1.11 bits per heavy atom. The standard InChI is InChI=1S/C24H33N5O5S2/c1-14(2)19-28-22(34-29-19)18(27-23(32)33-24(3,4)5)13-36-35-12-17-21(31)25-16(20(30)26-17)11-15-9-7-6-8-10-15/h6-10,14,16-18H,11-13H2,1-5H3,(H,25,31)(H,26,30)(H,27,32)/t16-,17+,18+/m1/s1. The molecule has 1 saturated heterocycles. The van der Waals surface area contributed by atoms with Gasteiger partial charge in [0.25, 0.3) is 0 Å². The van der Waals surface area contributed by atoms with E-state index in [-0.39, 0.29) is 23.6 Å². The van der Waals surface area contributed by atoms with Gasteiger partial charge in [-0.2, -0.15) is 4.98 Å². The highest BCUT2D eigenvalue weighted by atomic mass is 33.1.